The number of aryl methyl sites for hydroxylation is 1. The number of fused-ring (bicyclic) bond motifs is 3. The molecule has 1 aliphatic rings. The van der Waals surface area contributed by atoms with Gasteiger partial charge in [-0.2, -0.15) is 5.26 Å². The summed E-state index contributed by atoms with van der Waals surface area (Å²) < 4.78 is 6.21. The van der Waals surface area contributed by atoms with Crippen molar-refractivity contribution in [1.29, 1.82) is 5.26 Å². The van der Waals surface area contributed by atoms with Crippen molar-refractivity contribution in [2.24, 2.45) is 4.99 Å². The SMILES string of the molecule is Cc1ccc([C@H]2C(C#N)=C(N=CN(C)C)Oc3c2ccc2ccccc32)cc1. The Morgan fingerprint density at radius 3 is 2.50 bits per heavy atom. The molecule has 4 nitrogen and oxygen atoms in total. The maximum atomic E-state index is 9.98. The van der Waals surface area contributed by atoms with E-state index in [2.05, 4.69) is 60.4 Å². The summed E-state index contributed by atoms with van der Waals surface area (Å²) in [4.78, 5) is 6.29. The Labute approximate surface area is 165 Å². The molecule has 0 N–H and O–H groups in total. The molecule has 0 unspecified atom stereocenters. The van der Waals surface area contributed by atoms with Crippen LogP contribution in [-0.4, -0.2) is 25.3 Å². The van der Waals surface area contributed by atoms with Gasteiger partial charge in [-0.15, -0.1) is 0 Å². The van der Waals surface area contributed by atoms with Gasteiger partial charge in [0.1, 0.15) is 17.4 Å². The van der Waals surface area contributed by atoms with Crippen molar-refractivity contribution in [3.8, 4) is 11.8 Å². The second-order valence-corrected chi connectivity index (χ2v) is 7.19. The van der Waals surface area contributed by atoms with Crippen LogP contribution in [0.1, 0.15) is 22.6 Å². The average Bonchev–Trinajstić information content (AvgIpc) is 2.71. The van der Waals surface area contributed by atoms with Gasteiger partial charge < -0.3 is 9.64 Å². The van der Waals surface area contributed by atoms with E-state index in [1.807, 2.05) is 37.2 Å². The Bertz CT molecular complexity index is 1130. The molecular formula is C24H21N3O. The standard InChI is InChI=1S/C24H21N3O/c1-16-8-10-18(11-9-16)22-20-13-12-17-6-4-5-7-19(17)23(20)28-24(21(22)14-25)26-15-27(2)3/h4-13,15,22H,1-3H3/t22-/m1/s1. The minimum Gasteiger partial charge on any atom is -0.437 e. The average molecular weight is 367 g/mol. The minimum atomic E-state index is -0.215. The molecular weight excluding hydrogens is 346 g/mol. The van der Waals surface area contributed by atoms with Crippen LogP contribution in [0.15, 0.2) is 77.1 Å². The lowest BCUT2D eigenvalue weighted by atomic mass is 9.82. The van der Waals surface area contributed by atoms with Gasteiger partial charge in [-0.05, 0) is 17.9 Å². The first kappa shape index (κ1) is 17.8. The van der Waals surface area contributed by atoms with Gasteiger partial charge in [0.2, 0.25) is 5.88 Å². The molecule has 0 amide bonds. The van der Waals surface area contributed by atoms with Crippen LogP contribution in [0, 0.1) is 18.3 Å². The van der Waals surface area contributed by atoms with Gasteiger partial charge in [-0.1, -0.05) is 66.2 Å². The van der Waals surface area contributed by atoms with Crippen LogP contribution < -0.4 is 4.74 Å². The van der Waals surface area contributed by atoms with Gasteiger partial charge in [-0.3, -0.25) is 0 Å². The van der Waals surface area contributed by atoms with E-state index in [9.17, 15) is 5.26 Å². The minimum absolute atomic E-state index is 0.215. The number of hydrogen-bond donors (Lipinski definition) is 0. The fourth-order valence-electron chi connectivity index (χ4n) is 3.51. The molecule has 1 aliphatic heterocycles. The van der Waals surface area contributed by atoms with E-state index in [0.717, 1.165) is 27.6 Å². The molecule has 3 aromatic carbocycles. The molecule has 0 radical (unpaired) electrons. The maximum Gasteiger partial charge on any atom is 0.235 e. The Morgan fingerprint density at radius 2 is 1.79 bits per heavy atom. The topological polar surface area (TPSA) is 48.6 Å². The summed E-state index contributed by atoms with van der Waals surface area (Å²) in [6.07, 6.45) is 1.66. The van der Waals surface area contributed by atoms with E-state index in [1.165, 1.54) is 5.56 Å². The van der Waals surface area contributed by atoms with E-state index in [0.29, 0.717) is 11.5 Å². The predicted octanol–water partition coefficient (Wildman–Crippen LogP) is 5.00. The second-order valence-electron chi connectivity index (χ2n) is 7.19. The quantitative estimate of drug-likeness (QED) is 0.484. The van der Waals surface area contributed by atoms with Crippen molar-refractivity contribution in [2.45, 2.75) is 12.8 Å². The predicted molar refractivity (Wildman–Crippen MR) is 112 cm³/mol. The van der Waals surface area contributed by atoms with Crippen molar-refractivity contribution in [2.75, 3.05) is 14.1 Å². The molecule has 0 saturated heterocycles. The third-order valence-corrected chi connectivity index (χ3v) is 4.88. The van der Waals surface area contributed by atoms with Gasteiger partial charge in [0, 0.05) is 25.0 Å². The van der Waals surface area contributed by atoms with Crippen molar-refractivity contribution in [3.63, 3.8) is 0 Å². The summed E-state index contributed by atoms with van der Waals surface area (Å²) >= 11 is 0. The summed E-state index contributed by atoms with van der Waals surface area (Å²) in [5.74, 6) is 0.910. The van der Waals surface area contributed by atoms with Gasteiger partial charge in [0.15, 0.2) is 0 Å². The number of rotatable bonds is 3. The molecule has 28 heavy (non-hydrogen) atoms. The zero-order valence-corrected chi connectivity index (χ0v) is 16.2. The molecule has 4 rings (SSSR count). The van der Waals surface area contributed by atoms with Crippen LogP contribution in [0.5, 0.6) is 5.75 Å². The van der Waals surface area contributed by atoms with E-state index in [1.54, 1.807) is 6.34 Å². The lowest BCUT2D eigenvalue weighted by Crippen LogP contribution is -2.17. The van der Waals surface area contributed by atoms with Crippen molar-refractivity contribution in [1.82, 2.24) is 4.90 Å². The highest BCUT2D eigenvalue weighted by molar-refractivity contribution is 5.91. The molecule has 0 aliphatic carbocycles. The molecule has 0 bridgehead atoms. The highest BCUT2D eigenvalue weighted by atomic mass is 16.5. The third kappa shape index (κ3) is 3.12. The summed E-state index contributed by atoms with van der Waals surface area (Å²) in [5.41, 5.74) is 3.75. The molecule has 138 valence electrons. The molecule has 0 aromatic heterocycles. The van der Waals surface area contributed by atoms with Gasteiger partial charge in [-0.25, -0.2) is 4.99 Å². The number of aliphatic imine (C=N–C) groups is 1. The molecule has 3 aromatic rings. The zero-order chi connectivity index (χ0) is 19.7. The van der Waals surface area contributed by atoms with Crippen molar-refractivity contribution >= 4 is 17.1 Å². The zero-order valence-electron chi connectivity index (χ0n) is 16.2. The smallest absolute Gasteiger partial charge is 0.235 e. The molecule has 0 saturated carbocycles. The van der Waals surface area contributed by atoms with Gasteiger partial charge >= 0.3 is 0 Å². The van der Waals surface area contributed by atoms with Crippen LogP contribution in [0.2, 0.25) is 0 Å². The lowest BCUT2D eigenvalue weighted by molar-refractivity contribution is 0.398. The first-order valence-corrected chi connectivity index (χ1v) is 9.19. The van der Waals surface area contributed by atoms with E-state index in [-0.39, 0.29) is 5.92 Å². The lowest BCUT2D eigenvalue weighted by Gasteiger charge is -2.27. The molecule has 1 heterocycles. The third-order valence-electron chi connectivity index (χ3n) is 4.88. The summed E-state index contributed by atoms with van der Waals surface area (Å²) in [6.45, 7) is 2.06. The van der Waals surface area contributed by atoms with E-state index >= 15 is 0 Å². The summed E-state index contributed by atoms with van der Waals surface area (Å²) in [7, 11) is 3.78. The summed E-state index contributed by atoms with van der Waals surface area (Å²) in [5, 5.41) is 12.1. The van der Waals surface area contributed by atoms with Crippen molar-refractivity contribution < 1.29 is 4.74 Å². The number of hydrogen-bond acceptors (Lipinski definition) is 3. The number of allylic oxidation sites excluding steroid dienone is 1. The molecule has 0 spiro atoms. The van der Waals surface area contributed by atoms with E-state index < -0.39 is 0 Å². The summed E-state index contributed by atoms with van der Waals surface area (Å²) in [6, 6.07) is 22.9. The highest BCUT2D eigenvalue weighted by Gasteiger charge is 2.32. The molecule has 0 fully saturated rings. The van der Waals surface area contributed by atoms with Gasteiger partial charge in [0.25, 0.3) is 0 Å². The second kappa shape index (κ2) is 7.21. The van der Waals surface area contributed by atoms with Crippen LogP contribution in [0.3, 0.4) is 0 Å². The fourth-order valence-corrected chi connectivity index (χ4v) is 3.51. The first-order valence-electron chi connectivity index (χ1n) is 9.19. The van der Waals surface area contributed by atoms with Crippen LogP contribution >= 0.6 is 0 Å². The maximum absolute atomic E-state index is 9.98. The van der Waals surface area contributed by atoms with Crippen LogP contribution in [0.4, 0.5) is 0 Å². The van der Waals surface area contributed by atoms with E-state index in [4.69, 9.17) is 4.74 Å². The number of ether oxygens (including phenoxy) is 1. The number of nitrogens with zero attached hydrogens (tertiary/aromatic N) is 3. The normalized spacial score (nSPS) is 16.0. The van der Waals surface area contributed by atoms with Crippen LogP contribution in [0.25, 0.3) is 10.8 Å². The Balaban J connectivity index is 1.99. The monoisotopic (exact) mass is 367 g/mol. The van der Waals surface area contributed by atoms with Gasteiger partial charge in [0.05, 0.1) is 12.3 Å². The Kier molecular flexibility index (Phi) is 4.58. The Hall–Kier alpha value is -3.58. The highest BCUT2D eigenvalue weighted by Crippen LogP contribution is 2.46. The molecule has 4 heteroatoms. The molecule has 1 atom stereocenters. The first-order chi connectivity index (χ1) is 13.6. The van der Waals surface area contributed by atoms with Crippen LogP contribution in [-0.2, 0) is 0 Å². The van der Waals surface area contributed by atoms with Crippen molar-refractivity contribution in [3.05, 3.63) is 88.8 Å². The Morgan fingerprint density at radius 1 is 1.04 bits per heavy atom. The largest absolute Gasteiger partial charge is 0.437 e. The fraction of sp³-hybridized carbons (Fsp3) is 0.167. The number of nitriles is 1. The number of benzene rings is 3.